The normalized spacial score (nSPS) is 13.6. The minimum Gasteiger partial charge on any atom is -0.481 e. The third kappa shape index (κ3) is 8.81. The Morgan fingerprint density at radius 3 is 1.98 bits per heavy atom. The van der Waals surface area contributed by atoms with E-state index in [1.54, 1.807) is 20.8 Å². The molecular formula is C33H37N3O7. The third-order valence-electron chi connectivity index (χ3n) is 6.90. The largest absolute Gasteiger partial charge is 0.481 e. The van der Waals surface area contributed by atoms with Crippen molar-refractivity contribution in [1.29, 1.82) is 0 Å². The second-order valence-electron chi connectivity index (χ2n) is 11.4. The van der Waals surface area contributed by atoms with Crippen molar-refractivity contribution in [2.75, 3.05) is 13.2 Å². The van der Waals surface area contributed by atoms with E-state index in [1.165, 1.54) is 0 Å². The summed E-state index contributed by atoms with van der Waals surface area (Å²) in [5.74, 6) is -2.10. The van der Waals surface area contributed by atoms with Gasteiger partial charge in [0.25, 0.3) is 0 Å². The van der Waals surface area contributed by atoms with Crippen molar-refractivity contribution in [3.05, 3.63) is 95.6 Å². The van der Waals surface area contributed by atoms with Gasteiger partial charge in [0, 0.05) is 12.5 Å². The summed E-state index contributed by atoms with van der Waals surface area (Å²) in [6.45, 7) is 5.06. The lowest BCUT2D eigenvalue weighted by atomic mass is 9.98. The molecule has 1 aliphatic carbocycles. The fourth-order valence-electron chi connectivity index (χ4n) is 5.06. The van der Waals surface area contributed by atoms with Gasteiger partial charge in [-0.05, 0) is 55.0 Å². The molecule has 3 aromatic carbocycles. The van der Waals surface area contributed by atoms with Crippen LogP contribution >= 0.6 is 0 Å². The number of carboxylic acid groups (broad SMARTS) is 1. The first-order valence-electron chi connectivity index (χ1n) is 14.1. The van der Waals surface area contributed by atoms with Crippen LogP contribution in [0.4, 0.5) is 9.59 Å². The molecule has 0 bridgehead atoms. The lowest BCUT2D eigenvalue weighted by Crippen LogP contribution is -2.52. The van der Waals surface area contributed by atoms with Crippen LogP contribution in [0.15, 0.2) is 78.9 Å². The molecule has 4 rings (SSSR count). The zero-order valence-corrected chi connectivity index (χ0v) is 24.5. The highest BCUT2D eigenvalue weighted by Crippen LogP contribution is 2.44. The molecular weight excluding hydrogens is 550 g/mol. The van der Waals surface area contributed by atoms with Gasteiger partial charge in [0.1, 0.15) is 18.2 Å². The predicted octanol–water partition coefficient (Wildman–Crippen LogP) is 4.62. The number of carbonyl (C=O) groups is 4. The number of hydrogen-bond acceptors (Lipinski definition) is 6. The van der Waals surface area contributed by atoms with Crippen molar-refractivity contribution < 1.29 is 33.8 Å². The van der Waals surface area contributed by atoms with Gasteiger partial charge in [-0.1, -0.05) is 78.9 Å². The smallest absolute Gasteiger partial charge is 0.408 e. The van der Waals surface area contributed by atoms with E-state index in [0.29, 0.717) is 6.42 Å². The molecule has 10 nitrogen and oxygen atoms in total. The van der Waals surface area contributed by atoms with E-state index in [4.69, 9.17) is 9.47 Å². The molecule has 0 heterocycles. The van der Waals surface area contributed by atoms with Gasteiger partial charge >= 0.3 is 18.2 Å². The maximum Gasteiger partial charge on any atom is 0.408 e. The standard InChI is InChI=1S/C33H37N3O7/c1-33(2,3)43-32(41)36-28(18-29(37)38)30(39)34-19-22(17-21-11-5-4-6-12-21)35-31(40)42-20-27-25-15-9-7-13-23(25)24-14-8-10-16-26(24)27/h4-16,22,27-28H,17-20H2,1-3H3,(H,34,39)(H,35,40)(H,36,41)(H,37,38)/t22-,28+/m0/s1. The van der Waals surface area contributed by atoms with E-state index in [0.717, 1.165) is 27.8 Å². The topological polar surface area (TPSA) is 143 Å². The molecule has 0 saturated heterocycles. The molecule has 3 amide bonds. The van der Waals surface area contributed by atoms with Gasteiger partial charge in [0.2, 0.25) is 5.91 Å². The van der Waals surface area contributed by atoms with Gasteiger partial charge in [-0.25, -0.2) is 9.59 Å². The van der Waals surface area contributed by atoms with Crippen LogP contribution < -0.4 is 16.0 Å². The Kier molecular flexibility index (Phi) is 10.0. The van der Waals surface area contributed by atoms with E-state index in [1.807, 2.05) is 66.7 Å². The Bertz CT molecular complexity index is 1410. The van der Waals surface area contributed by atoms with E-state index in [9.17, 15) is 24.3 Å². The predicted molar refractivity (Wildman–Crippen MR) is 161 cm³/mol. The highest BCUT2D eigenvalue weighted by atomic mass is 16.6. The molecule has 0 spiro atoms. The monoisotopic (exact) mass is 587 g/mol. The van der Waals surface area contributed by atoms with Crippen LogP contribution in [0.25, 0.3) is 11.1 Å². The molecule has 0 saturated carbocycles. The first-order valence-corrected chi connectivity index (χ1v) is 14.1. The second kappa shape index (κ2) is 13.9. The summed E-state index contributed by atoms with van der Waals surface area (Å²) in [6, 6.07) is 23.5. The van der Waals surface area contributed by atoms with Gasteiger partial charge < -0.3 is 30.5 Å². The van der Waals surface area contributed by atoms with Crippen molar-refractivity contribution in [2.24, 2.45) is 0 Å². The first-order chi connectivity index (χ1) is 20.5. The molecule has 2 atom stereocenters. The average molecular weight is 588 g/mol. The molecule has 0 unspecified atom stereocenters. The number of aliphatic carboxylic acids is 1. The fourth-order valence-corrected chi connectivity index (χ4v) is 5.06. The summed E-state index contributed by atoms with van der Waals surface area (Å²) in [4.78, 5) is 49.6. The molecule has 226 valence electrons. The molecule has 4 N–H and O–H groups in total. The Morgan fingerprint density at radius 1 is 0.814 bits per heavy atom. The molecule has 0 radical (unpaired) electrons. The molecule has 0 aliphatic heterocycles. The minimum atomic E-state index is -1.38. The Labute approximate surface area is 250 Å². The third-order valence-corrected chi connectivity index (χ3v) is 6.90. The van der Waals surface area contributed by atoms with Crippen molar-refractivity contribution in [3.63, 3.8) is 0 Å². The van der Waals surface area contributed by atoms with Gasteiger partial charge in [0.15, 0.2) is 0 Å². The van der Waals surface area contributed by atoms with E-state index in [2.05, 4.69) is 28.1 Å². The van der Waals surface area contributed by atoms with Gasteiger partial charge in [-0.15, -0.1) is 0 Å². The van der Waals surface area contributed by atoms with Crippen molar-refractivity contribution >= 4 is 24.1 Å². The highest BCUT2D eigenvalue weighted by molar-refractivity contribution is 5.89. The van der Waals surface area contributed by atoms with Crippen LogP contribution in [0, 0.1) is 0 Å². The average Bonchev–Trinajstić information content (AvgIpc) is 3.27. The molecule has 43 heavy (non-hydrogen) atoms. The van der Waals surface area contributed by atoms with Crippen molar-refractivity contribution in [1.82, 2.24) is 16.0 Å². The molecule has 1 aliphatic rings. The minimum absolute atomic E-state index is 0.0377. The number of amides is 3. The molecule has 10 heteroatoms. The number of carbonyl (C=O) groups excluding carboxylic acids is 3. The van der Waals surface area contributed by atoms with Crippen molar-refractivity contribution in [3.8, 4) is 11.1 Å². The number of hydrogen-bond donors (Lipinski definition) is 4. The lowest BCUT2D eigenvalue weighted by molar-refractivity contribution is -0.139. The summed E-state index contributed by atoms with van der Waals surface area (Å²) >= 11 is 0. The summed E-state index contributed by atoms with van der Waals surface area (Å²) in [6.07, 6.45) is -1.83. The quantitative estimate of drug-likeness (QED) is 0.256. The number of rotatable bonds is 11. The van der Waals surface area contributed by atoms with Crippen LogP contribution in [0.2, 0.25) is 0 Å². The van der Waals surface area contributed by atoms with Crippen LogP contribution in [0.5, 0.6) is 0 Å². The van der Waals surface area contributed by atoms with E-state index >= 15 is 0 Å². The van der Waals surface area contributed by atoms with E-state index < -0.39 is 48.2 Å². The maximum absolute atomic E-state index is 13.0. The highest BCUT2D eigenvalue weighted by Gasteiger charge is 2.30. The first kappa shape index (κ1) is 31.1. The Hall–Kier alpha value is -4.86. The number of benzene rings is 3. The Morgan fingerprint density at radius 2 is 1.40 bits per heavy atom. The zero-order chi connectivity index (χ0) is 31.0. The number of nitrogens with one attached hydrogen (secondary N) is 3. The van der Waals surface area contributed by atoms with E-state index in [-0.39, 0.29) is 19.1 Å². The maximum atomic E-state index is 13.0. The molecule has 0 fully saturated rings. The number of fused-ring (bicyclic) bond motifs is 3. The zero-order valence-electron chi connectivity index (χ0n) is 24.5. The number of carboxylic acids is 1. The SMILES string of the molecule is CC(C)(C)OC(=O)N[C@H](CC(=O)O)C(=O)NC[C@H](Cc1ccccc1)NC(=O)OCC1c2ccccc2-c2ccccc21. The van der Waals surface area contributed by atoms with Crippen LogP contribution in [0.3, 0.4) is 0 Å². The Balaban J connectivity index is 1.41. The molecule has 3 aromatic rings. The summed E-state index contributed by atoms with van der Waals surface area (Å²) in [5, 5.41) is 17.1. The number of ether oxygens (including phenoxy) is 2. The number of alkyl carbamates (subject to hydrolysis) is 2. The molecule has 0 aromatic heterocycles. The van der Waals surface area contributed by atoms with Crippen molar-refractivity contribution in [2.45, 2.75) is 57.2 Å². The lowest BCUT2D eigenvalue weighted by Gasteiger charge is -2.24. The van der Waals surface area contributed by atoms with Crippen LogP contribution in [-0.4, -0.2) is 60.0 Å². The fraction of sp³-hybridized carbons (Fsp3) is 0.333. The van der Waals surface area contributed by atoms with Crippen LogP contribution in [-0.2, 0) is 25.5 Å². The summed E-state index contributed by atoms with van der Waals surface area (Å²) < 4.78 is 10.9. The summed E-state index contributed by atoms with van der Waals surface area (Å²) in [5.41, 5.74) is 4.50. The van der Waals surface area contributed by atoms with Crippen LogP contribution in [0.1, 0.15) is 49.8 Å². The van der Waals surface area contributed by atoms with Gasteiger partial charge in [-0.2, -0.15) is 0 Å². The second-order valence-corrected chi connectivity index (χ2v) is 11.4. The summed E-state index contributed by atoms with van der Waals surface area (Å²) in [7, 11) is 0. The van der Waals surface area contributed by atoms with Gasteiger partial charge in [-0.3, -0.25) is 9.59 Å². The van der Waals surface area contributed by atoms with Gasteiger partial charge in [0.05, 0.1) is 12.5 Å².